The molecule has 2 rings (SSSR count). The molecule has 5 nitrogen and oxygen atoms in total. The van der Waals surface area contributed by atoms with Gasteiger partial charge in [-0.25, -0.2) is 4.98 Å². The van der Waals surface area contributed by atoms with Crippen LogP contribution in [0, 0.1) is 0 Å². The molecule has 5 heteroatoms. The number of benzene rings is 1. The minimum atomic E-state index is -0.137. The third kappa shape index (κ3) is 3.19. The van der Waals surface area contributed by atoms with Crippen molar-refractivity contribution in [2.75, 3.05) is 6.54 Å². The molecule has 1 aromatic carbocycles. The van der Waals surface area contributed by atoms with Gasteiger partial charge in [0.15, 0.2) is 0 Å². The van der Waals surface area contributed by atoms with Crippen LogP contribution >= 0.6 is 0 Å². The number of aromatic amines is 1. The van der Waals surface area contributed by atoms with E-state index in [0.29, 0.717) is 13.1 Å². The molecule has 100 valence electrons. The van der Waals surface area contributed by atoms with E-state index >= 15 is 0 Å². The molecule has 1 N–H and O–H groups in total. The number of aryl methyl sites for hydroxylation is 1. The Morgan fingerprint density at radius 3 is 2.58 bits per heavy atom. The predicted octanol–water partition coefficient (Wildman–Crippen LogP) is 2.03. The van der Waals surface area contributed by atoms with Crippen LogP contribution in [-0.4, -0.2) is 32.5 Å². The number of carbonyl (C=O) groups excluding carboxylic acids is 1. The first-order chi connectivity index (χ1) is 9.24. The standard InChI is InChI=1S/C14H18N4O/c1-3-12-15-13(17-16-12)14(19)18(4-2)10-11-8-6-5-7-9-11/h5-9H,3-4,10H2,1-2H3,(H,15,16,17). The van der Waals surface area contributed by atoms with Crippen LogP contribution in [0.5, 0.6) is 0 Å². The van der Waals surface area contributed by atoms with Gasteiger partial charge in [-0.3, -0.25) is 9.89 Å². The fraction of sp³-hybridized carbons (Fsp3) is 0.357. The second-order valence-electron chi connectivity index (χ2n) is 4.26. The SMILES string of the molecule is CCc1nc(C(=O)N(CC)Cc2ccccc2)n[nH]1. The monoisotopic (exact) mass is 258 g/mol. The van der Waals surface area contributed by atoms with Gasteiger partial charge >= 0.3 is 0 Å². The molecule has 0 radical (unpaired) electrons. The lowest BCUT2D eigenvalue weighted by Gasteiger charge is -2.19. The number of amides is 1. The van der Waals surface area contributed by atoms with Gasteiger partial charge in [-0.2, -0.15) is 0 Å². The van der Waals surface area contributed by atoms with Gasteiger partial charge < -0.3 is 4.90 Å². The Bertz CT molecular complexity index is 535. The summed E-state index contributed by atoms with van der Waals surface area (Å²) in [5, 5.41) is 6.74. The van der Waals surface area contributed by atoms with Gasteiger partial charge in [0.05, 0.1) is 0 Å². The largest absolute Gasteiger partial charge is 0.332 e. The predicted molar refractivity (Wildman–Crippen MR) is 72.6 cm³/mol. The molecule has 2 aromatic rings. The average Bonchev–Trinajstić information content (AvgIpc) is 2.94. The highest BCUT2D eigenvalue weighted by Crippen LogP contribution is 2.07. The van der Waals surface area contributed by atoms with Crippen molar-refractivity contribution in [2.45, 2.75) is 26.8 Å². The van der Waals surface area contributed by atoms with Crippen LogP contribution in [0.4, 0.5) is 0 Å². The highest BCUT2D eigenvalue weighted by atomic mass is 16.2. The van der Waals surface area contributed by atoms with Crippen LogP contribution < -0.4 is 0 Å². The van der Waals surface area contributed by atoms with Crippen molar-refractivity contribution in [3.05, 3.63) is 47.5 Å². The molecule has 0 aliphatic carbocycles. The summed E-state index contributed by atoms with van der Waals surface area (Å²) < 4.78 is 0. The summed E-state index contributed by atoms with van der Waals surface area (Å²) in [5.74, 6) is 0.844. The number of carbonyl (C=O) groups is 1. The normalized spacial score (nSPS) is 10.4. The molecule has 1 aromatic heterocycles. The maximum Gasteiger partial charge on any atom is 0.293 e. The van der Waals surface area contributed by atoms with Gasteiger partial charge in [0.25, 0.3) is 5.91 Å². The highest BCUT2D eigenvalue weighted by molar-refractivity contribution is 5.90. The Balaban J connectivity index is 2.11. The number of H-pyrrole nitrogens is 1. The molecule has 19 heavy (non-hydrogen) atoms. The van der Waals surface area contributed by atoms with Gasteiger partial charge in [0.2, 0.25) is 5.82 Å². The van der Waals surface area contributed by atoms with E-state index in [-0.39, 0.29) is 11.7 Å². The van der Waals surface area contributed by atoms with Gasteiger partial charge in [0.1, 0.15) is 5.82 Å². The first-order valence-corrected chi connectivity index (χ1v) is 6.49. The smallest absolute Gasteiger partial charge is 0.293 e. The minimum Gasteiger partial charge on any atom is -0.332 e. The van der Waals surface area contributed by atoms with Gasteiger partial charge in [-0.15, -0.1) is 5.10 Å². The zero-order valence-electron chi connectivity index (χ0n) is 11.3. The molecule has 0 unspecified atom stereocenters. The highest BCUT2D eigenvalue weighted by Gasteiger charge is 2.18. The summed E-state index contributed by atoms with van der Waals surface area (Å²) in [7, 11) is 0. The fourth-order valence-electron chi connectivity index (χ4n) is 1.82. The van der Waals surface area contributed by atoms with Crippen molar-refractivity contribution >= 4 is 5.91 Å². The van der Waals surface area contributed by atoms with Crippen molar-refractivity contribution < 1.29 is 4.79 Å². The molecule has 0 saturated heterocycles. The summed E-state index contributed by atoms with van der Waals surface area (Å²) >= 11 is 0. The maximum atomic E-state index is 12.3. The number of hydrogen-bond donors (Lipinski definition) is 1. The van der Waals surface area contributed by atoms with E-state index in [4.69, 9.17) is 0 Å². The molecular weight excluding hydrogens is 240 g/mol. The number of aromatic nitrogens is 3. The summed E-state index contributed by atoms with van der Waals surface area (Å²) in [4.78, 5) is 18.2. The maximum absolute atomic E-state index is 12.3. The zero-order valence-corrected chi connectivity index (χ0v) is 11.3. The Morgan fingerprint density at radius 2 is 2.00 bits per heavy atom. The van der Waals surface area contributed by atoms with Gasteiger partial charge in [0, 0.05) is 19.5 Å². The average molecular weight is 258 g/mol. The summed E-state index contributed by atoms with van der Waals surface area (Å²) in [6.45, 7) is 5.13. The molecule has 0 saturated carbocycles. The van der Waals surface area contributed by atoms with E-state index in [1.165, 1.54) is 0 Å². The van der Waals surface area contributed by atoms with Crippen molar-refractivity contribution in [1.29, 1.82) is 0 Å². The van der Waals surface area contributed by atoms with E-state index in [9.17, 15) is 4.79 Å². The van der Waals surface area contributed by atoms with Crippen LogP contribution in [-0.2, 0) is 13.0 Å². The van der Waals surface area contributed by atoms with Crippen molar-refractivity contribution in [1.82, 2.24) is 20.1 Å². The molecule has 0 atom stereocenters. The first-order valence-electron chi connectivity index (χ1n) is 6.49. The minimum absolute atomic E-state index is 0.137. The zero-order chi connectivity index (χ0) is 13.7. The molecule has 1 amide bonds. The van der Waals surface area contributed by atoms with Crippen LogP contribution in [0.15, 0.2) is 30.3 Å². The van der Waals surface area contributed by atoms with Crippen molar-refractivity contribution in [2.24, 2.45) is 0 Å². The first kappa shape index (κ1) is 13.3. The Morgan fingerprint density at radius 1 is 1.26 bits per heavy atom. The molecule has 1 heterocycles. The third-order valence-corrected chi connectivity index (χ3v) is 2.94. The number of nitrogens with zero attached hydrogens (tertiary/aromatic N) is 3. The van der Waals surface area contributed by atoms with Crippen LogP contribution in [0.1, 0.15) is 35.9 Å². The van der Waals surface area contributed by atoms with E-state index in [2.05, 4.69) is 15.2 Å². The lowest BCUT2D eigenvalue weighted by atomic mass is 10.2. The van der Waals surface area contributed by atoms with Gasteiger partial charge in [-0.1, -0.05) is 37.3 Å². The fourth-order valence-corrected chi connectivity index (χ4v) is 1.82. The van der Waals surface area contributed by atoms with Crippen LogP contribution in [0.2, 0.25) is 0 Å². The second-order valence-corrected chi connectivity index (χ2v) is 4.26. The lowest BCUT2D eigenvalue weighted by molar-refractivity contribution is 0.0740. The Kier molecular flexibility index (Phi) is 4.28. The van der Waals surface area contributed by atoms with Gasteiger partial charge in [-0.05, 0) is 12.5 Å². The summed E-state index contributed by atoms with van der Waals surface area (Å²) in [5.41, 5.74) is 1.10. The third-order valence-electron chi connectivity index (χ3n) is 2.94. The summed E-state index contributed by atoms with van der Waals surface area (Å²) in [6, 6.07) is 9.91. The van der Waals surface area contributed by atoms with E-state index < -0.39 is 0 Å². The summed E-state index contributed by atoms with van der Waals surface area (Å²) in [6.07, 6.45) is 0.741. The quantitative estimate of drug-likeness (QED) is 0.892. The molecule has 0 bridgehead atoms. The topological polar surface area (TPSA) is 61.9 Å². The number of nitrogens with one attached hydrogen (secondary N) is 1. The van der Waals surface area contributed by atoms with Crippen LogP contribution in [0.3, 0.4) is 0 Å². The second kappa shape index (κ2) is 6.13. The lowest BCUT2D eigenvalue weighted by Crippen LogP contribution is -2.31. The molecule has 0 fully saturated rings. The van der Waals surface area contributed by atoms with E-state index in [0.717, 1.165) is 17.8 Å². The van der Waals surface area contributed by atoms with Crippen molar-refractivity contribution in [3.63, 3.8) is 0 Å². The number of hydrogen-bond acceptors (Lipinski definition) is 3. The molecule has 0 aliphatic rings. The Hall–Kier alpha value is -2.17. The van der Waals surface area contributed by atoms with Crippen molar-refractivity contribution in [3.8, 4) is 0 Å². The van der Waals surface area contributed by atoms with Crippen LogP contribution in [0.25, 0.3) is 0 Å². The Labute approximate surface area is 112 Å². The number of rotatable bonds is 5. The molecular formula is C14H18N4O. The van der Waals surface area contributed by atoms with E-state index in [1.807, 2.05) is 44.2 Å². The molecule has 0 spiro atoms. The van der Waals surface area contributed by atoms with E-state index in [1.54, 1.807) is 4.90 Å². The molecule has 0 aliphatic heterocycles.